The van der Waals surface area contributed by atoms with Gasteiger partial charge in [-0.1, -0.05) is 59.3 Å². The Hall–Kier alpha value is -2.84. The number of halogens is 1. The minimum atomic E-state index is -0.383. The van der Waals surface area contributed by atoms with E-state index in [1.807, 2.05) is 80.9 Å². The predicted octanol–water partition coefficient (Wildman–Crippen LogP) is 4.41. The summed E-state index contributed by atoms with van der Waals surface area (Å²) in [5.74, 6) is 0.557. The number of hydrazone groups is 1. The number of benzene rings is 2. The third kappa shape index (κ3) is 6.32. The van der Waals surface area contributed by atoms with Gasteiger partial charge in [-0.05, 0) is 44.5 Å². The molecule has 7 nitrogen and oxygen atoms in total. The average molecular weight is 457 g/mol. The molecule has 2 N–H and O–H groups in total. The molecule has 0 unspecified atom stereocenters. The molecule has 1 heterocycles. The number of nitrogens with zero attached hydrogens (tertiary/aromatic N) is 4. The molecular formula is C22H25ClN6OS. The highest BCUT2D eigenvalue weighted by Gasteiger charge is 2.18. The number of thioether (sulfide) groups is 1. The molecule has 0 radical (unpaired) electrons. The SMILES string of the molecule is C/C(=N\NC(=O)[C@@H](C)Sc1nnc(CNc2cccc(Cl)c2)n1C)c1ccc(C)cc1. The fourth-order valence-electron chi connectivity index (χ4n) is 2.68. The Morgan fingerprint density at radius 2 is 1.97 bits per heavy atom. The monoisotopic (exact) mass is 456 g/mol. The zero-order valence-electron chi connectivity index (χ0n) is 17.9. The summed E-state index contributed by atoms with van der Waals surface area (Å²) < 4.78 is 1.87. The molecule has 3 rings (SSSR count). The minimum Gasteiger partial charge on any atom is -0.378 e. The van der Waals surface area contributed by atoms with Gasteiger partial charge in [-0.2, -0.15) is 5.10 Å². The fraction of sp³-hybridized carbons (Fsp3) is 0.273. The van der Waals surface area contributed by atoms with E-state index in [1.54, 1.807) is 0 Å². The molecule has 9 heteroatoms. The molecule has 0 bridgehead atoms. The lowest BCUT2D eigenvalue weighted by atomic mass is 10.1. The van der Waals surface area contributed by atoms with Crippen LogP contribution in [0.3, 0.4) is 0 Å². The number of amides is 1. The Morgan fingerprint density at radius 1 is 1.23 bits per heavy atom. The molecule has 0 aliphatic rings. The van der Waals surface area contributed by atoms with Gasteiger partial charge in [0, 0.05) is 17.8 Å². The lowest BCUT2D eigenvalue weighted by Gasteiger charge is -2.10. The highest BCUT2D eigenvalue weighted by molar-refractivity contribution is 8.00. The average Bonchev–Trinajstić information content (AvgIpc) is 3.10. The van der Waals surface area contributed by atoms with Gasteiger partial charge in [0.05, 0.1) is 17.5 Å². The van der Waals surface area contributed by atoms with Gasteiger partial charge < -0.3 is 9.88 Å². The molecule has 2 aromatic carbocycles. The van der Waals surface area contributed by atoms with Crippen molar-refractivity contribution in [1.82, 2.24) is 20.2 Å². The molecular weight excluding hydrogens is 432 g/mol. The number of carbonyl (C=O) groups is 1. The standard InChI is InChI=1S/C22H25ClN6OS/c1-14-8-10-17(11-9-14)15(2)25-27-21(30)16(3)31-22-28-26-20(29(22)4)13-24-19-7-5-6-18(23)12-19/h5-12,16,24H,13H2,1-4H3,(H,27,30)/b25-15+/t16-/m1/s1. The first kappa shape index (κ1) is 22.8. The van der Waals surface area contributed by atoms with Crippen LogP contribution in [0.1, 0.15) is 30.8 Å². The molecule has 0 saturated heterocycles. The Labute approximate surface area is 191 Å². The maximum atomic E-state index is 12.5. The molecule has 3 aromatic rings. The van der Waals surface area contributed by atoms with Crippen molar-refractivity contribution in [1.29, 1.82) is 0 Å². The zero-order chi connectivity index (χ0) is 22.4. The van der Waals surface area contributed by atoms with Gasteiger partial charge in [-0.25, -0.2) is 5.43 Å². The van der Waals surface area contributed by atoms with E-state index in [0.29, 0.717) is 16.7 Å². The van der Waals surface area contributed by atoms with Crippen molar-refractivity contribution in [2.24, 2.45) is 12.1 Å². The number of carbonyl (C=O) groups excluding carboxylic acids is 1. The molecule has 162 valence electrons. The third-order valence-electron chi connectivity index (χ3n) is 4.65. The smallest absolute Gasteiger partial charge is 0.253 e. The summed E-state index contributed by atoms with van der Waals surface area (Å²) in [6.45, 7) is 6.20. The lowest BCUT2D eigenvalue weighted by molar-refractivity contribution is -0.120. The normalized spacial score (nSPS) is 12.5. The summed E-state index contributed by atoms with van der Waals surface area (Å²) in [6.07, 6.45) is 0. The van der Waals surface area contributed by atoms with E-state index >= 15 is 0 Å². The Bertz CT molecular complexity index is 1080. The first-order chi connectivity index (χ1) is 14.8. The summed E-state index contributed by atoms with van der Waals surface area (Å²) in [5.41, 5.74) is 6.44. The molecule has 1 aromatic heterocycles. The summed E-state index contributed by atoms with van der Waals surface area (Å²) >= 11 is 7.34. The first-order valence-electron chi connectivity index (χ1n) is 9.79. The number of nitrogens with one attached hydrogen (secondary N) is 2. The summed E-state index contributed by atoms with van der Waals surface area (Å²) in [7, 11) is 1.88. The number of rotatable bonds is 8. The van der Waals surface area contributed by atoms with Crippen LogP contribution in [0.2, 0.25) is 5.02 Å². The van der Waals surface area contributed by atoms with Crippen LogP contribution in [-0.4, -0.2) is 31.6 Å². The van der Waals surface area contributed by atoms with Crippen LogP contribution in [0.5, 0.6) is 0 Å². The van der Waals surface area contributed by atoms with Gasteiger partial charge in [0.25, 0.3) is 5.91 Å². The van der Waals surface area contributed by atoms with E-state index < -0.39 is 0 Å². The second kappa shape index (κ2) is 10.5. The molecule has 0 aliphatic heterocycles. The fourth-order valence-corrected chi connectivity index (χ4v) is 3.70. The van der Waals surface area contributed by atoms with Crippen LogP contribution in [0.15, 0.2) is 58.8 Å². The van der Waals surface area contributed by atoms with Crippen LogP contribution < -0.4 is 10.7 Å². The second-order valence-electron chi connectivity index (χ2n) is 7.12. The van der Waals surface area contributed by atoms with Gasteiger partial charge in [-0.15, -0.1) is 10.2 Å². The van der Waals surface area contributed by atoms with Gasteiger partial charge in [0.1, 0.15) is 0 Å². The van der Waals surface area contributed by atoms with Crippen molar-refractivity contribution in [2.75, 3.05) is 5.32 Å². The molecule has 1 amide bonds. The lowest BCUT2D eigenvalue weighted by Crippen LogP contribution is -2.28. The predicted molar refractivity (Wildman–Crippen MR) is 127 cm³/mol. The largest absolute Gasteiger partial charge is 0.378 e. The van der Waals surface area contributed by atoms with Crippen LogP contribution in [0, 0.1) is 6.92 Å². The number of aryl methyl sites for hydroxylation is 1. The van der Waals surface area contributed by atoms with Crippen LogP contribution in [-0.2, 0) is 18.4 Å². The Morgan fingerprint density at radius 3 is 2.68 bits per heavy atom. The first-order valence-corrected chi connectivity index (χ1v) is 11.0. The highest BCUT2D eigenvalue weighted by atomic mass is 35.5. The van der Waals surface area contributed by atoms with Gasteiger partial charge in [0.15, 0.2) is 11.0 Å². The van der Waals surface area contributed by atoms with E-state index in [9.17, 15) is 4.79 Å². The molecule has 31 heavy (non-hydrogen) atoms. The van der Waals surface area contributed by atoms with Crippen LogP contribution in [0.4, 0.5) is 5.69 Å². The van der Waals surface area contributed by atoms with Crippen molar-refractivity contribution >= 4 is 40.7 Å². The Balaban J connectivity index is 1.56. The molecule has 0 saturated carbocycles. The van der Waals surface area contributed by atoms with Crippen molar-refractivity contribution in [3.05, 3.63) is 70.5 Å². The molecule has 0 fully saturated rings. The number of aromatic nitrogens is 3. The third-order valence-corrected chi connectivity index (χ3v) is 6.02. The van der Waals surface area contributed by atoms with Crippen molar-refractivity contribution in [3.63, 3.8) is 0 Å². The van der Waals surface area contributed by atoms with Crippen molar-refractivity contribution in [3.8, 4) is 0 Å². The van der Waals surface area contributed by atoms with E-state index in [4.69, 9.17) is 11.6 Å². The van der Waals surface area contributed by atoms with Gasteiger partial charge in [-0.3, -0.25) is 4.79 Å². The molecule has 0 aliphatic carbocycles. The quantitative estimate of drug-likeness (QED) is 0.298. The van der Waals surface area contributed by atoms with Crippen LogP contribution in [0.25, 0.3) is 0 Å². The van der Waals surface area contributed by atoms with E-state index in [-0.39, 0.29) is 11.2 Å². The second-order valence-corrected chi connectivity index (χ2v) is 8.87. The Kier molecular flexibility index (Phi) is 7.70. The van der Waals surface area contributed by atoms with Crippen molar-refractivity contribution < 1.29 is 4.79 Å². The minimum absolute atomic E-state index is 0.196. The van der Waals surface area contributed by atoms with Crippen molar-refractivity contribution in [2.45, 2.75) is 37.7 Å². The number of hydrogen-bond acceptors (Lipinski definition) is 6. The number of hydrogen-bond donors (Lipinski definition) is 2. The highest BCUT2D eigenvalue weighted by Crippen LogP contribution is 2.22. The summed E-state index contributed by atoms with van der Waals surface area (Å²) in [4.78, 5) is 12.5. The maximum absolute atomic E-state index is 12.5. The summed E-state index contributed by atoms with van der Waals surface area (Å²) in [6, 6.07) is 15.5. The summed E-state index contributed by atoms with van der Waals surface area (Å²) in [5, 5.41) is 16.9. The molecule has 0 spiro atoms. The zero-order valence-corrected chi connectivity index (χ0v) is 19.5. The van der Waals surface area contributed by atoms with Gasteiger partial charge >= 0.3 is 0 Å². The topological polar surface area (TPSA) is 84.2 Å². The van der Waals surface area contributed by atoms with E-state index in [1.165, 1.54) is 17.3 Å². The molecule has 1 atom stereocenters. The number of anilines is 1. The van der Waals surface area contributed by atoms with E-state index in [2.05, 4.69) is 26.0 Å². The van der Waals surface area contributed by atoms with Crippen LogP contribution >= 0.6 is 23.4 Å². The van der Waals surface area contributed by atoms with Gasteiger partial charge in [0.2, 0.25) is 0 Å². The maximum Gasteiger partial charge on any atom is 0.253 e. The van der Waals surface area contributed by atoms with E-state index in [0.717, 1.165) is 22.8 Å².